The third-order valence-electron chi connectivity index (χ3n) is 3.51. The summed E-state index contributed by atoms with van der Waals surface area (Å²) >= 11 is 0. The Morgan fingerprint density at radius 2 is 1.75 bits per heavy atom. The third-order valence-corrected chi connectivity index (χ3v) is 3.51. The van der Waals surface area contributed by atoms with Gasteiger partial charge in [-0.05, 0) is 29.8 Å². The number of hydrogen-bond acceptors (Lipinski definition) is 4. The fourth-order valence-corrected chi connectivity index (χ4v) is 2.42. The molecule has 0 unspecified atom stereocenters. The van der Waals surface area contributed by atoms with Gasteiger partial charge in [-0.25, -0.2) is 0 Å². The number of rotatable bonds is 3. The van der Waals surface area contributed by atoms with E-state index in [1.54, 1.807) is 12.1 Å². The molecule has 0 radical (unpaired) electrons. The van der Waals surface area contributed by atoms with Crippen LogP contribution in [-0.2, 0) is 0 Å². The van der Waals surface area contributed by atoms with Gasteiger partial charge in [0.05, 0.1) is 6.54 Å². The lowest BCUT2D eigenvalue weighted by Gasteiger charge is -2.15. The molecule has 2 aromatic rings. The van der Waals surface area contributed by atoms with Crippen LogP contribution >= 0.6 is 0 Å². The van der Waals surface area contributed by atoms with Crippen LogP contribution in [0.2, 0.25) is 0 Å². The number of carbonyl (C=O) groups is 1. The van der Waals surface area contributed by atoms with Crippen molar-refractivity contribution in [2.75, 3.05) is 6.54 Å². The molecule has 1 aliphatic rings. The Morgan fingerprint density at radius 1 is 1.05 bits per heavy atom. The molecule has 4 heteroatoms. The standard InChI is InChI=1S/C16H14N2O2/c19-13-8-6-12(7-9-13)16(20)15-14(10-17-18-15)11-4-2-1-3-5-11/h1-9,14-15,19H,10H2/t14-,15+/m0/s1. The van der Waals surface area contributed by atoms with Crippen LogP contribution in [0.1, 0.15) is 21.8 Å². The normalized spacial score (nSPS) is 21.0. The first-order chi connectivity index (χ1) is 9.75. The number of carbonyl (C=O) groups excluding carboxylic acids is 1. The first-order valence-corrected chi connectivity index (χ1v) is 6.50. The number of phenols is 1. The van der Waals surface area contributed by atoms with Gasteiger partial charge in [0.15, 0.2) is 5.78 Å². The average Bonchev–Trinajstić information content (AvgIpc) is 2.97. The monoisotopic (exact) mass is 266 g/mol. The summed E-state index contributed by atoms with van der Waals surface area (Å²) in [6.07, 6.45) is 0. The molecular weight excluding hydrogens is 252 g/mol. The van der Waals surface area contributed by atoms with Crippen molar-refractivity contribution in [2.24, 2.45) is 10.2 Å². The van der Waals surface area contributed by atoms with Crippen molar-refractivity contribution in [3.63, 3.8) is 0 Å². The SMILES string of the molecule is O=C(c1ccc(O)cc1)[C@@H]1N=NC[C@H]1c1ccccc1. The minimum atomic E-state index is -0.470. The number of aromatic hydroxyl groups is 1. The van der Waals surface area contributed by atoms with Crippen LogP contribution in [0.5, 0.6) is 5.75 Å². The summed E-state index contributed by atoms with van der Waals surface area (Å²) < 4.78 is 0. The molecule has 0 aliphatic carbocycles. The highest BCUT2D eigenvalue weighted by Crippen LogP contribution is 2.30. The molecule has 1 N–H and O–H groups in total. The molecule has 100 valence electrons. The van der Waals surface area contributed by atoms with Crippen LogP contribution < -0.4 is 0 Å². The zero-order valence-corrected chi connectivity index (χ0v) is 10.8. The van der Waals surface area contributed by atoms with E-state index in [1.807, 2.05) is 30.3 Å². The van der Waals surface area contributed by atoms with Crippen molar-refractivity contribution in [3.8, 4) is 5.75 Å². The molecule has 0 spiro atoms. The number of phenolic OH excluding ortho intramolecular Hbond substituents is 1. The fourth-order valence-electron chi connectivity index (χ4n) is 2.42. The Balaban J connectivity index is 1.87. The molecule has 0 saturated carbocycles. The highest BCUT2D eigenvalue weighted by Gasteiger charge is 2.33. The predicted molar refractivity (Wildman–Crippen MR) is 75.1 cm³/mol. The van der Waals surface area contributed by atoms with E-state index in [9.17, 15) is 9.90 Å². The maximum absolute atomic E-state index is 12.5. The van der Waals surface area contributed by atoms with Crippen molar-refractivity contribution in [1.29, 1.82) is 0 Å². The van der Waals surface area contributed by atoms with E-state index in [0.29, 0.717) is 12.1 Å². The molecule has 0 aromatic heterocycles. The zero-order valence-electron chi connectivity index (χ0n) is 10.8. The molecule has 1 heterocycles. The molecule has 2 aromatic carbocycles. The van der Waals surface area contributed by atoms with Gasteiger partial charge in [-0.1, -0.05) is 30.3 Å². The second-order valence-electron chi connectivity index (χ2n) is 4.81. The smallest absolute Gasteiger partial charge is 0.189 e. The van der Waals surface area contributed by atoms with Gasteiger partial charge in [-0.2, -0.15) is 10.2 Å². The second kappa shape index (κ2) is 5.25. The van der Waals surface area contributed by atoms with Gasteiger partial charge >= 0.3 is 0 Å². The molecule has 3 rings (SSSR count). The molecule has 0 bridgehead atoms. The van der Waals surface area contributed by atoms with Crippen LogP contribution in [-0.4, -0.2) is 23.5 Å². The van der Waals surface area contributed by atoms with Crippen molar-refractivity contribution in [2.45, 2.75) is 12.0 Å². The summed E-state index contributed by atoms with van der Waals surface area (Å²) in [5.41, 5.74) is 1.63. The predicted octanol–water partition coefficient (Wildman–Crippen LogP) is 3.19. The van der Waals surface area contributed by atoms with Crippen molar-refractivity contribution < 1.29 is 9.90 Å². The van der Waals surface area contributed by atoms with Crippen LogP contribution in [0, 0.1) is 0 Å². The topological polar surface area (TPSA) is 62.0 Å². The molecule has 0 fully saturated rings. The third kappa shape index (κ3) is 2.32. The van der Waals surface area contributed by atoms with Gasteiger partial charge in [0, 0.05) is 11.5 Å². The van der Waals surface area contributed by atoms with E-state index in [2.05, 4.69) is 10.2 Å². The average molecular weight is 266 g/mol. The molecule has 20 heavy (non-hydrogen) atoms. The highest BCUT2D eigenvalue weighted by molar-refractivity contribution is 6.01. The zero-order chi connectivity index (χ0) is 13.9. The van der Waals surface area contributed by atoms with Gasteiger partial charge in [-0.3, -0.25) is 4.79 Å². The van der Waals surface area contributed by atoms with Gasteiger partial charge in [-0.15, -0.1) is 0 Å². The Bertz CT molecular complexity index is 635. The molecular formula is C16H14N2O2. The molecule has 2 atom stereocenters. The van der Waals surface area contributed by atoms with Crippen LogP contribution in [0.25, 0.3) is 0 Å². The summed E-state index contributed by atoms with van der Waals surface area (Å²) in [7, 11) is 0. The quantitative estimate of drug-likeness (QED) is 0.867. The summed E-state index contributed by atoms with van der Waals surface area (Å²) in [5.74, 6) is 0.0896. The number of benzene rings is 2. The van der Waals surface area contributed by atoms with Gasteiger partial charge < -0.3 is 5.11 Å². The van der Waals surface area contributed by atoms with E-state index < -0.39 is 6.04 Å². The summed E-state index contributed by atoms with van der Waals surface area (Å²) in [4.78, 5) is 12.5. The van der Waals surface area contributed by atoms with Crippen molar-refractivity contribution >= 4 is 5.78 Å². The fraction of sp³-hybridized carbons (Fsp3) is 0.188. The van der Waals surface area contributed by atoms with E-state index in [0.717, 1.165) is 5.56 Å². The maximum atomic E-state index is 12.5. The summed E-state index contributed by atoms with van der Waals surface area (Å²) in [6, 6.07) is 15.6. The van der Waals surface area contributed by atoms with E-state index in [4.69, 9.17) is 0 Å². The Morgan fingerprint density at radius 3 is 2.45 bits per heavy atom. The van der Waals surface area contributed by atoms with Gasteiger partial charge in [0.2, 0.25) is 0 Å². The number of nitrogens with zero attached hydrogens (tertiary/aromatic N) is 2. The van der Waals surface area contributed by atoms with Gasteiger partial charge in [0.25, 0.3) is 0 Å². The van der Waals surface area contributed by atoms with E-state index in [-0.39, 0.29) is 17.5 Å². The van der Waals surface area contributed by atoms with Crippen molar-refractivity contribution in [1.82, 2.24) is 0 Å². The number of ketones is 1. The summed E-state index contributed by atoms with van der Waals surface area (Å²) in [5, 5.41) is 17.4. The van der Waals surface area contributed by atoms with Crippen LogP contribution in [0.3, 0.4) is 0 Å². The summed E-state index contributed by atoms with van der Waals surface area (Å²) in [6.45, 7) is 0.540. The van der Waals surface area contributed by atoms with Crippen molar-refractivity contribution in [3.05, 3.63) is 65.7 Å². The Hall–Kier alpha value is -2.49. The molecule has 0 amide bonds. The lowest BCUT2D eigenvalue weighted by molar-refractivity contribution is 0.0956. The molecule has 1 aliphatic heterocycles. The highest BCUT2D eigenvalue weighted by atomic mass is 16.3. The lowest BCUT2D eigenvalue weighted by atomic mass is 9.88. The largest absolute Gasteiger partial charge is 0.508 e. The van der Waals surface area contributed by atoms with Gasteiger partial charge in [0.1, 0.15) is 11.8 Å². The number of azo groups is 1. The first-order valence-electron chi connectivity index (χ1n) is 6.50. The Kier molecular flexibility index (Phi) is 3.29. The Labute approximate surface area is 116 Å². The minimum absolute atomic E-state index is 0.00231. The maximum Gasteiger partial charge on any atom is 0.189 e. The molecule has 4 nitrogen and oxygen atoms in total. The minimum Gasteiger partial charge on any atom is -0.508 e. The first kappa shape index (κ1) is 12.5. The van der Waals surface area contributed by atoms with Crippen LogP contribution in [0.15, 0.2) is 64.8 Å². The van der Waals surface area contributed by atoms with E-state index in [1.165, 1.54) is 12.1 Å². The van der Waals surface area contributed by atoms with Crippen LogP contribution in [0.4, 0.5) is 0 Å². The van der Waals surface area contributed by atoms with E-state index >= 15 is 0 Å². The number of hydrogen-bond donors (Lipinski definition) is 1. The lowest BCUT2D eigenvalue weighted by Crippen LogP contribution is -2.24. The molecule has 0 saturated heterocycles. The second-order valence-corrected chi connectivity index (χ2v) is 4.81. The number of Topliss-reactive ketones (excluding diaryl/α,β-unsaturated/α-hetero) is 1.